The van der Waals surface area contributed by atoms with Crippen LogP contribution in [0, 0.1) is 5.41 Å². The Hall–Kier alpha value is -0.0800. The lowest BCUT2D eigenvalue weighted by Gasteiger charge is -2.11. The molecule has 0 radical (unpaired) electrons. The minimum Gasteiger partial charge on any atom is -0.395 e. The minimum absolute atomic E-state index is 0.0115. The molecule has 0 saturated heterocycles. The van der Waals surface area contributed by atoms with Crippen LogP contribution in [-0.4, -0.2) is 17.8 Å². The maximum atomic E-state index is 8.63. The second kappa shape index (κ2) is 2.89. The molecule has 1 unspecified atom stereocenters. The molecule has 0 amide bonds. The highest BCUT2D eigenvalue weighted by Gasteiger charge is 2.36. The molecule has 60 valence electrons. The average Bonchev–Trinajstić information content (AvgIpc) is 2.64. The molecule has 0 bridgehead atoms. The molecule has 10 heavy (non-hydrogen) atoms. The van der Waals surface area contributed by atoms with Crippen molar-refractivity contribution in [3.8, 4) is 0 Å². The SMILES string of the molecule is CC1(CCC(N)CO)CC1. The number of nitrogens with two attached hydrogens (primary N) is 1. The first kappa shape index (κ1) is 8.02. The van der Waals surface area contributed by atoms with Crippen LogP contribution in [0.25, 0.3) is 0 Å². The molecule has 1 atom stereocenters. The zero-order chi connectivity index (χ0) is 7.61. The van der Waals surface area contributed by atoms with Crippen molar-refractivity contribution in [2.45, 2.75) is 38.6 Å². The summed E-state index contributed by atoms with van der Waals surface area (Å²) in [6.07, 6.45) is 4.87. The van der Waals surface area contributed by atoms with Gasteiger partial charge in [0.25, 0.3) is 0 Å². The van der Waals surface area contributed by atoms with E-state index < -0.39 is 0 Å². The van der Waals surface area contributed by atoms with Crippen LogP contribution in [0.3, 0.4) is 0 Å². The Morgan fingerprint density at radius 2 is 2.20 bits per heavy atom. The maximum Gasteiger partial charge on any atom is 0.0582 e. The molecule has 0 spiro atoms. The van der Waals surface area contributed by atoms with Gasteiger partial charge in [0.2, 0.25) is 0 Å². The van der Waals surface area contributed by atoms with E-state index in [2.05, 4.69) is 6.92 Å². The molecule has 3 N–H and O–H groups in total. The Bertz CT molecular complexity index is 110. The Morgan fingerprint density at radius 1 is 1.60 bits per heavy atom. The lowest BCUT2D eigenvalue weighted by molar-refractivity contribution is 0.252. The zero-order valence-corrected chi connectivity index (χ0v) is 6.64. The van der Waals surface area contributed by atoms with Gasteiger partial charge in [-0.05, 0) is 31.1 Å². The monoisotopic (exact) mass is 143 g/mol. The van der Waals surface area contributed by atoms with Gasteiger partial charge in [-0.1, -0.05) is 6.92 Å². The summed E-state index contributed by atoms with van der Waals surface area (Å²) < 4.78 is 0. The molecule has 2 nitrogen and oxygen atoms in total. The van der Waals surface area contributed by atoms with Crippen molar-refractivity contribution >= 4 is 0 Å². The summed E-state index contributed by atoms with van der Waals surface area (Å²) in [6.45, 7) is 2.42. The highest BCUT2D eigenvalue weighted by Crippen LogP contribution is 2.48. The second-order valence-corrected chi connectivity index (χ2v) is 3.79. The first-order chi connectivity index (χ1) is 4.66. The molecular formula is C8H17NO. The van der Waals surface area contributed by atoms with Crippen LogP contribution in [0.15, 0.2) is 0 Å². The zero-order valence-electron chi connectivity index (χ0n) is 6.64. The van der Waals surface area contributed by atoms with Gasteiger partial charge in [0, 0.05) is 6.04 Å². The average molecular weight is 143 g/mol. The van der Waals surface area contributed by atoms with E-state index in [-0.39, 0.29) is 12.6 Å². The highest BCUT2D eigenvalue weighted by atomic mass is 16.3. The lowest BCUT2D eigenvalue weighted by atomic mass is 10.00. The van der Waals surface area contributed by atoms with Gasteiger partial charge in [-0.25, -0.2) is 0 Å². The van der Waals surface area contributed by atoms with Gasteiger partial charge in [-0.2, -0.15) is 0 Å². The van der Waals surface area contributed by atoms with Gasteiger partial charge in [0.05, 0.1) is 6.61 Å². The summed E-state index contributed by atoms with van der Waals surface area (Å²) in [4.78, 5) is 0. The standard InChI is InChI=1S/C8H17NO/c1-8(4-5-8)3-2-7(9)6-10/h7,10H,2-6,9H2,1H3. The summed E-state index contributed by atoms with van der Waals surface area (Å²) >= 11 is 0. The van der Waals surface area contributed by atoms with E-state index in [9.17, 15) is 0 Å². The van der Waals surface area contributed by atoms with Crippen LogP contribution in [0.5, 0.6) is 0 Å². The fraction of sp³-hybridized carbons (Fsp3) is 1.00. The molecule has 0 aromatic heterocycles. The Labute approximate surface area is 62.4 Å². The number of hydrogen-bond donors (Lipinski definition) is 2. The quantitative estimate of drug-likeness (QED) is 0.614. The molecule has 1 saturated carbocycles. The molecule has 0 aromatic rings. The van der Waals surface area contributed by atoms with Crippen molar-refractivity contribution in [2.24, 2.45) is 11.1 Å². The normalized spacial score (nSPS) is 24.3. The molecule has 0 heterocycles. The summed E-state index contributed by atoms with van der Waals surface area (Å²) in [5.41, 5.74) is 6.15. The molecule has 1 fully saturated rings. The van der Waals surface area contributed by atoms with E-state index >= 15 is 0 Å². The van der Waals surface area contributed by atoms with Crippen molar-refractivity contribution in [1.82, 2.24) is 0 Å². The molecule has 1 rings (SSSR count). The van der Waals surface area contributed by atoms with Gasteiger partial charge >= 0.3 is 0 Å². The van der Waals surface area contributed by atoms with Crippen molar-refractivity contribution in [2.75, 3.05) is 6.61 Å². The predicted molar refractivity (Wildman–Crippen MR) is 41.6 cm³/mol. The van der Waals surface area contributed by atoms with Gasteiger partial charge in [0.15, 0.2) is 0 Å². The molecular weight excluding hydrogens is 126 g/mol. The van der Waals surface area contributed by atoms with Crippen LogP contribution in [0.2, 0.25) is 0 Å². The summed E-state index contributed by atoms with van der Waals surface area (Å²) in [5, 5.41) is 8.63. The first-order valence-electron chi connectivity index (χ1n) is 4.03. The van der Waals surface area contributed by atoms with E-state index in [1.807, 2.05) is 0 Å². The summed E-state index contributed by atoms with van der Waals surface area (Å²) in [6, 6.07) is 0.0115. The molecule has 2 heteroatoms. The molecule has 0 aliphatic heterocycles. The van der Waals surface area contributed by atoms with Crippen molar-refractivity contribution in [1.29, 1.82) is 0 Å². The second-order valence-electron chi connectivity index (χ2n) is 3.79. The van der Waals surface area contributed by atoms with Crippen molar-refractivity contribution in [3.05, 3.63) is 0 Å². The van der Waals surface area contributed by atoms with E-state index in [1.165, 1.54) is 19.3 Å². The third-order valence-electron chi connectivity index (χ3n) is 2.46. The minimum atomic E-state index is 0.0115. The Kier molecular flexibility index (Phi) is 2.32. The third kappa shape index (κ3) is 2.27. The fourth-order valence-electron chi connectivity index (χ4n) is 1.09. The summed E-state index contributed by atoms with van der Waals surface area (Å²) in [7, 11) is 0. The van der Waals surface area contributed by atoms with Gasteiger partial charge < -0.3 is 10.8 Å². The topological polar surface area (TPSA) is 46.2 Å². The van der Waals surface area contributed by atoms with Crippen LogP contribution in [0.1, 0.15) is 32.6 Å². The Morgan fingerprint density at radius 3 is 2.60 bits per heavy atom. The summed E-state index contributed by atoms with van der Waals surface area (Å²) in [5.74, 6) is 0. The fourth-order valence-corrected chi connectivity index (χ4v) is 1.09. The van der Waals surface area contributed by atoms with Gasteiger partial charge in [-0.3, -0.25) is 0 Å². The number of hydrogen-bond acceptors (Lipinski definition) is 2. The van der Waals surface area contributed by atoms with Crippen LogP contribution in [0.4, 0.5) is 0 Å². The Balaban J connectivity index is 2.04. The molecule has 1 aliphatic rings. The molecule has 1 aliphatic carbocycles. The van der Waals surface area contributed by atoms with E-state index in [1.54, 1.807) is 0 Å². The van der Waals surface area contributed by atoms with Crippen molar-refractivity contribution in [3.63, 3.8) is 0 Å². The molecule has 0 aromatic carbocycles. The van der Waals surface area contributed by atoms with Crippen LogP contribution in [-0.2, 0) is 0 Å². The predicted octanol–water partition coefficient (Wildman–Crippen LogP) is 0.886. The number of aliphatic hydroxyl groups is 1. The van der Waals surface area contributed by atoms with Crippen LogP contribution < -0.4 is 5.73 Å². The van der Waals surface area contributed by atoms with Crippen molar-refractivity contribution < 1.29 is 5.11 Å². The van der Waals surface area contributed by atoms with Gasteiger partial charge in [-0.15, -0.1) is 0 Å². The largest absolute Gasteiger partial charge is 0.395 e. The van der Waals surface area contributed by atoms with Crippen LogP contribution >= 0.6 is 0 Å². The smallest absolute Gasteiger partial charge is 0.0582 e. The first-order valence-corrected chi connectivity index (χ1v) is 4.03. The maximum absolute atomic E-state index is 8.63. The van der Waals surface area contributed by atoms with E-state index in [0.717, 1.165) is 6.42 Å². The number of aliphatic hydroxyl groups excluding tert-OH is 1. The lowest BCUT2D eigenvalue weighted by Crippen LogP contribution is -2.24. The van der Waals surface area contributed by atoms with E-state index in [4.69, 9.17) is 10.8 Å². The van der Waals surface area contributed by atoms with E-state index in [0.29, 0.717) is 5.41 Å². The number of rotatable bonds is 4. The highest BCUT2D eigenvalue weighted by molar-refractivity contribution is 4.88. The van der Waals surface area contributed by atoms with Gasteiger partial charge in [0.1, 0.15) is 0 Å². The third-order valence-corrected chi connectivity index (χ3v) is 2.46.